The van der Waals surface area contributed by atoms with Gasteiger partial charge in [0.1, 0.15) is 6.04 Å². The molecular weight excluding hydrogens is 524 g/mol. The largest absolute Gasteiger partial charge is 0.480 e. The second-order valence-corrected chi connectivity index (χ2v) is 10.1. The first-order valence-electron chi connectivity index (χ1n) is 10.6. The highest BCUT2D eigenvalue weighted by atomic mass is 35.5. The zero-order valence-electron chi connectivity index (χ0n) is 18.2. The Morgan fingerprint density at radius 1 is 0.912 bits per heavy atom. The fraction of sp³-hybridized carbons (Fsp3) is 0.348. The Labute approximate surface area is 217 Å². The first-order chi connectivity index (χ1) is 16.0. The quantitative estimate of drug-likeness (QED) is 0.310. The molecule has 34 heavy (non-hydrogen) atoms. The van der Waals surface area contributed by atoms with Crippen molar-refractivity contribution < 1.29 is 19.5 Å². The molecule has 3 amide bonds. The number of carboxylic acids is 1. The maximum absolute atomic E-state index is 13.2. The van der Waals surface area contributed by atoms with Crippen molar-refractivity contribution >= 4 is 75.7 Å². The van der Waals surface area contributed by atoms with Gasteiger partial charge < -0.3 is 21.1 Å². The van der Waals surface area contributed by atoms with Crippen LogP contribution in [0.25, 0.3) is 0 Å². The minimum absolute atomic E-state index is 0.0329. The molecule has 11 heteroatoms. The Bertz CT molecular complexity index is 1100. The van der Waals surface area contributed by atoms with Gasteiger partial charge in [-0.05, 0) is 42.5 Å². The minimum Gasteiger partial charge on any atom is -0.480 e. The summed E-state index contributed by atoms with van der Waals surface area (Å²) < 4.78 is 0. The molecule has 0 aliphatic heterocycles. The summed E-state index contributed by atoms with van der Waals surface area (Å²) in [6, 6.07) is 5.47. The first kappa shape index (κ1) is 26.4. The molecule has 2 aromatic rings. The van der Waals surface area contributed by atoms with Crippen LogP contribution in [0.2, 0.25) is 20.1 Å². The van der Waals surface area contributed by atoms with E-state index in [2.05, 4.69) is 16.0 Å². The molecular formula is C23H23Cl4N3O4. The van der Waals surface area contributed by atoms with E-state index in [1.165, 1.54) is 12.1 Å². The van der Waals surface area contributed by atoms with Crippen LogP contribution in [0.4, 0.5) is 16.2 Å². The van der Waals surface area contributed by atoms with Gasteiger partial charge in [-0.25, -0.2) is 9.59 Å². The van der Waals surface area contributed by atoms with E-state index in [0.29, 0.717) is 12.8 Å². The standard InChI is InChI=1S/C23H23Cl4N3O4/c1-23(8-3-2-4-9-23)19(21(32)33)30-20(31)12-10-15(26)16(27)11-17(12)28-22(34)29-18-13(24)6-5-7-14(18)25/h5-7,10-11,19H,2-4,8-9H2,1H3,(H,30,31)(H,32,33)(H2,28,29,34)/t19-/m1/s1. The van der Waals surface area contributed by atoms with Crippen LogP contribution in [0.15, 0.2) is 30.3 Å². The maximum Gasteiger partial charge on any atom is 0.326 e. The van der Waals surface area contributed by atoms with E-state index in [-0.39, 0.29) is 37.0 Å². The van der Waals surface area contributed by atoms with Gasteiger partial charge in [-0.2, -0.15) is 0 Å². The van der Waals surface area contributed by atoms with Crippen LogP contribution in [0, 0.1) is 5.41 Å². The van der Waals surface area contributed by atoms with E-state index in [1.54, 1.807) is 18.2 Å². The number of carboxylic acid groups (broad SMARTS) is 1. The van der Waals surface area contributed by atoms with Gasteiger partial charge in [0.2, 0.25) is 0 Å². The summed E-state index contributed by atoms with van der Waals surface area (Å²) in [5, 5.41) is 18.1. The molecule has 3 rings (SSSR count). The highest BCUT2D eigenvalue weighted by Gasteiger charge is 2.41. The number of benzene rings is 2. The van der Waals surface area contributed by atoms with Crippen LogP contribution < -0.4 is 16.0 Å². The third kappa shape index (κ3) is 6.08. The molecule has 182 valence electrons. The van der Waals surface area contributed by atoms with E-state index in [9.17, 15) is 19.5 Å². The fourth-order valence-corrected chi connectivity index (χ4v) is 4.93. The summed E-state index contributed by atoms with van der Waals surface area (Å²) in [6.45, 7) is 1.86. The van der Waals surface area contributed by atoms with E-state index in [4.69, 9.17) is 46.4 Å². The van der Waals surface area contributed by atoms with Crippen molar-refractivity contribution in [2.45, 2.75) is 45.1 Å². The van der Waals surface area contributed by atoms with Crippen molar-refractivity contribution in [3.05, 3.63) is 56.0 Å². The number of para-hydroxylation sites is 1. The smallest absolute Gasteiger partial charge is 0.326 e. The number of halogens is 4. The number of amides is 3. The van der Waals surface area contributed by atoms with Gasteiger partial charge in [0, 0.05) is 0 Å². The summed E-state index contributed by atoms with van der Waals surface area (Å²) >= 11 is 24.4. The van der Waals surface area contributed by atoms with Crippen LogP contribution in [0.1, 0.15) is 49.4 Å². The predicted octanol–water partition coefficient (Wildman–Crippen LogP) is 7.10. The molecule has 1 saturated carbocycles. The van der Waals surface area contributed by atoms with Crippen LogP contribution in [0.3, 0.4) is 0 Å². The van der Waals surface area contributed by atoms with Crippen molar-refractivity contribution in [3.8, 4) is 0 Å². The zero-order chi connectivity index (χ0) is 25.0. The maximum atomic E-state index is 13.2. The summed E-state index contributed by atoms with van der Waals surface area (Å²) in [5.41, 5.74) is -0.418. The van der Waals surface area contributed by atoms with Gasteiger partial charge in [-0.1, -0.05) is 78.7 Å². The van der Waals surface area contributed by atoms with Gasteiger partial charge in [-0.3, -0.25) is 4.79 Å². The lowest BCUT2D eigenvalue weighted by Crippen LogP contribution is -2.52. The average molecular weight is 547 g/mol. The second kappa shape index (κ2) is 11.0. The minimum atomic E-state index is -1.13. The first-order valence-corrected chi connectivity index (χ1v) is 12.1. The van der Waals surface area contributed by atoms with Gasteiger partial charge in [0.25, 0.3) is 5.91 Å². The van der Waals surface area contributed by atoms with Gasteiger partial charge >= 0.3 is 12.0 Å². The molecule has 1 fully saturated rings. The topological polar surface area (TPSA) is 108 Å². The summed E-state index contributed by atoms with van der Waals surface area (Å²) in [4.78, 5) is 37.9. The summed E-state index contributed by atoms with van der Waals surface area (Å²) in [6.07, 6.45) is 4.16. The number of carbonyl (C=O) groups excluding carboxylic acids is 2. The van der Waals surface area contributed by atoms with Crippen molar-refractivity contribution in [2.24, 2.45) is 5.41 Å². The molecule has 0 unspecified atom stereocenters. The average Bonchev–Trinajstić information content (AvgIpc) is 2.77. The summed E-state index contributed by atoms with van der Waals surface area (Å²) in [5.74, 6) is -1.83. The van der Waals surface area contributed by atoms with Gasteiger partial charge in [0.05, 0.1) is 37.0 Å². The van der Waals surface area contributed by atoms with Crippen LogP contribution in [-0.2, 0) is 4.79 Å². The van der Waals surface area contributed by atoms with Crippen molar-refractivity contribution in [3.63, 3.8) is 0 Å². The Balaban J connectivity index is 1.86. The van der Waals surface area contributed by atoms with Gasteiger partial charge in [-0.15, -0.1) is 0 Å². The molecule has 0 spiro atoms. The monoisotopic (exact) mass is 545 g/mol. The predicted molar refractivity (Wildman–Crippen MR) is 136 cm³/mol. The van der Waals surface area contributed by atoms with E-state index in [1.807, 2.05) is 6.92 Å². The Morgan fingerprint density at radius 3 is 2.09 bits per heavy atom. The highest BCUT2D eigenvalue weighted by molar-refractivity contribution is 6.42. The number of hydrogen-bond donors (Lipinski definition) is 4. The Hall–Kier alpha value is -2.19. The molecule has 0 heterocycles. The molecule has 0 saturated heterocycles. The highest BCUT2D eigenvalue weighted by Crippen LogP contribution is 2.39. The lowest BCUT2D eigenvalue weighted by Gasteiger charge is -2.38. The zero-order valence-corrected chi connectivity index (χ0v) is 21.2. The molecule has 1 atom stereocenters. The number of anilines is 2. The van der Waals surface area contributed by atoms with Crippen molar-refractivity contribution in [1.29, 1.82) is 0 Å². The molecule has 2 aromatic carbocycles. The Kier molecular flexibility index (Phi) is 8.57. The molecule has 7 nitrogen and oxygen atoms in total. The van der Waals surface area contributed by atoms with Gasteiger partial charge in [0.15, 0.2) is 0 Å². The van der Waals surface area contributed by atoms with E-state index < -0.39 is 29.4 Å². The number of aliphatic carboxylic acids is 1. The van der Waals surface area contributed by atoms with Crippen molar-refractivity contribution in [2.75, 3.05) is 10.6 Å². The lowest BCUT2D eigenvalue weighted by atomic mass is 9.70. The molecule has 0 radical (unpaired) electrons. The van der Waals surface area contributed by atoms with Crippen LogP contribution in [0.5, 0.6) is 0 Å². The molecule has 4 N–H and O–H groups in total. The molecule has 1 aliphatic carbocycles. The normalized spacial score (nSPS) is 15.8. The Morgan fingerprint density at radius 2 is 1.50 bits per heavy atom. The number of nitrogens with one attached hydrogen (secondary N) is 3. The molecule has 1 aliphatic rings. The second-order valence-electron chi connectivity index (χ2n) is 8.45. The van der Waals surface area contributed by atoms with E-state index >= 15 is 0 Å². The fourth-order valence-electron chi connectivity index (χ4n) is 4.11. The van der Waals surface area contributed by atoms with Crippen LogP contribution >= 0.6 is 46.4 Å². The number of carbonyl (C=O) groups is 3. The van der Waals surface area contributed by atoms with Crippen LogP contribution in [-0.4, -0.2) is 29.1 Å². The molecule has 0 bridgehead atoms. The van der Waals surface area contributed by atoms with E-state index in [0.717, 1.165) is 19.3 Å². The third-order valence-electron chi connectivity index (χ3n) is 5.97. The molecule has 0 aromatic heterocycles. The third-order valence-corrected chi connectivity index (χ3v) is 7.32. The SMILES string of the molecule is CC1([C@H](NC(=O)c2cc(Cl)c(Cl)cc2NC(=O)Nc2c(Cl)cccc2Cl)C(=O)O)CCCCC1. The number of hydrogen-bond acceptors (Lipinski definition) is 3. The number of urea groups is 1. The number of rotatable bonds is 6. The lowest BCUT2D eigenvalue weighted by molar-refractivity contribution is -0.143. The van der Waals surface area contributed by atoms with Crippen molar-refractivity contribution in [1.82, 2.24) is 5.32 Å². The summed E-state index contributed by atoms with van der Waals surface area (Å²) in [7, 11) is 0.